The number of anilines is 2. The lowest BCUT2D eigenvalue weighted by molar-refractivity contribution is 0.612. The molecule has 0 aliphatic carbocycles. The van der Waals surface area contributed by atoms with Crippen LogP contribution in [0.5, 0.6) is 0 Å². The first-order chi connectivity index (χ1) is 9.47. The summed E-state index contributed by atoms with van der Waals surface area (Å²) in [6.07, 6.45) is 0. The van der Waals surface area contributed by atoms with Gasteiger partial charge in [0.15, 0.2) is 0 Å². The van der Waals surface area contributed by atoms with Gasteiger partial charge in [0, 0.05) is 35.1 Å². The SMILES string of the molecule is CN(C)c1ccc(Br)cc1NCc1ccc(Br)cc1F. The minimum absolute atomic E-state index is 0.215. The summed E-state index contributed by atoms with van der Waals surface area (Å²) in [5.41, 5.74) is 2.66. The fourth-order valence-electron chi connectivity index (χ4n) is 1.90. The molecule has 20 heavy (non-hydrogen) atoms. The fraction of sp³-hybridized carbons (Fsp3) is 0.200. The van der Waals surface area contributed by atoms with E-state index in [4.69, 9.17) is 0 Å². The molecule has 2 aromatic carbocycles. The van der Waals surface area contributed by atoms with E-state index in [9.17, 15) is 4.39 Å². The van der Waals surface area contributed by atoms with E-state index in [2.05, 4.69) is 37.2 Å². The van der Waals surface area contributed by atoms with Crippen molar-refractivity contribution in [2.75, 3.05) is 24.3 Å². The highest BCUT2D eigenvalue weighted by molar-refractivity contribution is 9.10. The van der Waals surface area contributed by atoms with Gasteiger partial charge in [0.1, 0.15) is 5.82 Å². The highest BCUT2D eigenvalue weighted by atomic mass is 79.9. The Kier molecular flexibility index (Phi) is 5.05. The summed E-state index contributed by atoms with van der Waals surface area (Å²) < 4.78 is 15.5. The van der Waals surface area contributed by atoms with Crippen LogP contribution in [0.1, 0.15) is 5.56 Å². The summed E-state index contributed by atoms with van der Waals surface area (Å²) in [7, 11) is 3.96. The molecule has 0 aliphatic heterocycles. The van der Waals surface area contributed by atoms with Gasteiger partial charge in [-0.3, -0.25) is 0 Å². The van der Waals surface area contributed by atoms with Gasteiger partial charge in [0.05, 0.1) is 11.4 Å². The van der Waals surface area contributed by atoms with Crippen LogP contribution in [0, 0.1) is 5.82 Å². The maximum absolute atomic E-state index is 13.8. The van der Waals surface area contributed by atoms with Crippen LogP contribution in [0.15, 0.2) is 45.3 Å². The van der Waals surface area contributed by atoms with E-state index < -0.39 is 0 Å². The summed E-state index contributed by atoms with van der Waals surface area (Å²) in [4.78, 5) is 2.02. The largest absolute Gasteiger partial charge is 0.379 e. The molecule has 0 aromatic heterocycles. The van der Waals surface area contributed by atoms with E-state index in [1.165, 1.54) is 6.07 Å². The maximum atomic E-state index is 13.8. The predicted molar refractivity (Wildman–Crippen MR) is 89.9 cm³/mol. The van der Waals surface area contributed by atoms with Crippen LogP contribution >= 0.6 is 31.9 Å². The second-order valence-electron chi connectivity index (χ2n) is 4.65. The number of benzene rings is 2. The molecule has 2 nitrogen and oxygen atoms in total. The van der Waals surface area contributed by atoms with Gasteiger partial charge in [0.25, 0.3) is 0 Å². The molecule has 0 bridgehead atoms. The maximum Gasteiger partial charge on any atom is 0.129 e. The minimum Gasteiger partial charge on any atom is -0.379 e. The third-order valence-corrected chi connectivity index (χ3v) is 3.91. The number of halogens is 3. The normalized spacial score (nSPS) is 10.4. The van der Waals surface area contributed by atoms with E-state index in [1.54, 1.807) is 6.07 Å². The van der Waals surface area contributed by atoms with Gasteiger partial charge in [-0.25, -0.2) is 4.39 Å². The summed E-state index contributed by atoms with van der Waals surface area (Å²) in [5.74, 6) is -0.215. The van der Waals surface area contributed by atoms with E-state index in [1.807, 2.05) is 43.3 Å². The molecule has 0 spiro atoms. The van der Waals surface area contributed by atoms with Gasteiger partial charge in [-0.1, -0.05) is 37.9 Å². The molecule has 1 N–H and O–H groups in total. The summed E-state index contributed by atoms with van der Waals surface area (Å²) in [5, 5.41) is 3.29. The third-order valence-electron chi connectivity index (χ3n) is 2.92. The molecule has 0 unspecified atom stereocenters. The van der Waals surface area contributed by atoms with Crippen LogP contribution in [-0.4, -0.2) is 14.1 Å². The predicted octanol–water partition coefficient (Wildman–Crippen LogP) is 5.03. The van der Waals surface area contributed by atoms with E-state index >= 15 is 0 Å². The lowest BCUT2D eigenvalue weighted by atomic mass is 10.2. The van der Waals surface area contributed by atoms with E-state index in [0.717, 1.165) is 20.3 Å². The van der Waals surface area contributed by atoms with Gasteiger partial charge in [-0.05, 0) is 30.3 Å². The summed E-state index contributed by atoms with van der Waals surface area (Å²) >= 11 is 6.72. The van der Waals surface area contributed by atoms with Gasteiger partial charge < -0.3 is 10.2 Å². The average molecular weight is 402 g/mol. The molecular weight excluding hydrogens is 387 g/mol. The third kappa shape index (κ3) is 3.73. The van der Waals surface area contributed by atoms with Crippen LogP contribution < -0.4 is 10.2 Å². The van der Waals surface area contributed by atoms with E-state index in [-0.39, 0.29) is 5.82 Å². The zero-order valence-corrected chi connectivity index (χ0v) is 14.4. The average Bonchev–Trinajstić information content (AvgIpc) is 2.37. The van der Waals surface area contributed by atoms with Crippen molar-refractivity contribution in [3.05, 3.63) is 56.7 Å². The first kappa shape index (κ1) is 15.3. The Morgan fingerprint density at radius 2 is 1.70 bits per heavy atom. The van der Waals surface area contributed by atoms with Crippen LogP contribution in [0.25, 0.3) is 0 Å². The molecule has 106 valence electrons. The molecule has 0 radical (unpaired) electrons. The molecule has 0 heterocycles. The Hall–Kier alpha value is -1.07. The number of nitrogens with zero attached hydrogens (tertiary/aromatic N) is 1. The molecule has 2 rings (SSSR count). The molecule has 5 heteroatoms. The van der Waals surface area contributed by atoms with Crippen LogP contribution in [-0.2, 0) is 6.54 Å². The van der Waals surface area contributed by atoms with Crippen molar-refractivity contribution < 1.29 is 4.39 Å². The Bertz CT molecular complexity index is 615. The highest BCUT2D eigenvalue weighted by Crippen LogP contribution is 2.28. The molecule has 0 fully saturated rings. The van der Waals surface area contributed by atoms with Crippen molar-refractivity contribution in [1.29, 1.82) is 0 Å². The Morgan fingerprint density at radius 1 is 1.05 bits per heavy atom. The zero-order valence-electron chi connectivity index (χ0n) is 11.3. The van der Waals surface area contributed by atoms with Gasteiger partial charge >= 0.3 is 0 Å². The first-order valence-corrected chi connectivity index (χ1v) is 7.70. The number of rotatable bonds is 4. The zero-order chi connectivity index (χ0) is 14.7. The topological polar surface area (TPSA) is 15.3 Å². The Balaban J connectivity index is 2.20. The van der Waals surface area contributed by atoms with Crippen molar-refractivity contribution in [3.63, 3.8) is 0 Å². The molecular formula is C15H15Br2FN2. The quantitative estimate of drug-likeness (QED) is 0.772. The molecule has 0 amide bonds. The first-order valence-electron chi connectivity index (χ1n) is 6.12. The second-order valence-corrected chi connectivity index (χ2v) is 6.48. The Labute approximate surface area is 135 Å². The minimum atomic E-state index is -0.215. The summed E-state index contributed by atoms with van der Waals surface area (Å²) in [6.45, 7) is 0.441. The van der Waals surface area contributed by atoms with Crippen LogP contribution in [0.2, 0.25) is 0 Å². The molecule has 0 saturated heterocycles. The lowest BCUT2D eigenvalue weighted by Gasteiger charge is -2.19. The van der Waals surface area contributed by atoms with Gasteiger partial charge in [0.2, 0.25) is 0 Å². The van der Waals surface area contributed by atoms with Crippen molar-refractivity contribution in [2.45, 2.75) is 6.54 Å². The molecule has 2 aromatic rings. The summed E-state index contributed by atoms with van der Waals surface area (Å²) in [6, 6.07) is 11.1. The molecule has 0 saturated carbocycles. The van der Waals surface area contributed by atoms with Crippen molar-refractivity contribution in [2.24, 2.45) is 0 Å². The number of nitrogens with one attached hydrogen (secondary N) is 1. The lowest BCUT2D eigenvalue weighted by Crippen LogP contribution is -2.12. The molecule has 0 atom stereocenters. The number of hydrogen-bond acceptors (Lipinski definition) is 2. The monoisotopic (exact) mass is 400 g/mol. The van der Waals surface area contributed by atoms with Gasteiger partial charge in [-0.2, -0.15) is 0 Å². The van der Waals surface area contributed by atoms with Crippen molar-refractivity contribution in [3.8, 4) is 0 Å². The smallest absolute Gasteiger partial charge is 0.129 e. The second kappa shape index (κ2) is 6.59. The van der Waals surface area contributed by atoms with Crippen LogP contribution in [0.3, 0.4) is 0 Å². The standard InChI is InChI=1S/C15H15Br2FN2/c1-20(2)15-6-5-12(17)8-14(15)19-9-10-3-4-11(16)7-13(10)18/h3-8,19H,9H2,1-2H3. The number of hydrogen-bond donors (Lipinski definition) is 1. The highest BCUT2D eigenvalue weighted by Gasteiger charge is 2.07. The van der Waals surface area contributed by atoms with E-state index in [0.29, 0.717) is 12.1 Å². The fourth-order valence-corrected chi connectivity index (χ4v) is 2.59. The van der Waals surface area contributed by atoms with Crippen molar-refractivity contribution in [1.82, 2.24) is 0 Å². The molecule has 0 aliphatic rings. The van der Waals surface area contributed by atoms with Gasteiger partial charge in [-0.15, -0.1) is 0 Å². The van der Waals surface area contributed by atoms with Crippen LogP contribution in [0.4, 0.5) is 15.8 Å². The van der Waals surface area contributed by atoms with Crippen molar-refractivity contribution >= 4 is 43.2 Å². The Morgan fingerprint density at radius 3 is 2.35 bits per heavy atom.